The van der Waals surface area contributed by atoms with Crippen LogP contribution in [0.5, 0.6) is 0 Å². The highest BCUT2D eigenvalue weighted by molar-refractivity contribution is 7.98. The van der Waals surface area contributed by atoms with E-state index in [0.717, 1.165) is 5.56 Å². The third kappa shape index (κ3) is 3.71. The smallest absolute Gasteiger partial charge is 0.358 e. The van der Waals surface area contributed by atoms with E-state index in [0.29, 0.717) is 12.4 Å². The van der Waals surface area contributed by atoms with Crippen LogP contribution < -0.4 is 5.32 Å². The second-order valence-electron chi connectivity index (χ2n) is 4.00. The summed E-state index contributed by atoms with van der Waals surface area (Å²) in [5, 5.41) is 10.9. The zero-order valence-electron chi connectivity index (χ0n) is 11.3. The quantitative estimate of drug-likeness (QED) is 0.674. The number of anilines is 1. The number of carbonyl (C=O) groups excluding carboxylic acids is 1. The molecule has 0 aliphatic carbocycles. The molecule has 0 aliphatic heterocycles. The standard InChI is InChI=1S/C14H15N3O2S/c1-19-14(18)12-7-8-13(17-16-12)15-9-10-3-5-11(20-2)6-4-10/h3-8H,9H2,1-2H3,(H,15,17). The topological polar surface area (TPSA) is 64.1 Å². The van der Waals surface area contributed by atoms with Gasteiger partial charge in [0, 0.05) is 11.4 Å². The zero-order chi connectivity index (χ0) is 14.4. The molecule has 6 heteroatoms. The summed E-state index contributed by atoms with van der Waals surface area (Å²) in [7, 11) is 1.31. The minimum absolute atomic E-state index is 0.197. The molecule has 1 aromatic carbocycles. The Bertz CT molecular complexity index is 570. The van der Waals surface area contributed by atoms with Crippen molar-refractivity contribution in [1.82, 2.24) is 10.2 Å². The van der Waals surface area contributed by atoms with Gasteiger partial charge in [0.15, 0.2) is 5.69 Å². The van der Waals surface area contributed by atoms with Crippen LogP contribution in [0.2, 0.25) is 0 Å². The Morgan fingerprint density at radius 1 is 1.20 bits per heavy atom. The highest BCUT2D eigenvalue weighted by Gasteiger charge is 2.07. The molecule has 0 aliphatic rings. The fourth-order valence-corrected chi connectivity index (χ4v) is 1.98. The molecule has 20 heavy (non-hydrogen) atoms. The minimum atomic E-state index is -0.489. The first-order valence-corrected chi connectivity index (χ1v) is 7.24. The van der Waals surface area contributed by atoms with Gasteiger partial charge in [-0.3, -0.25) is 0 Å². The monoisotopic (exact) mass is 289 g/mol. The molecular weight excluding hydrogens is 274 g/mol. The largest absolute Gasteiger partial charge is 0.464 e. The van der Waals surface area contributed by atoms with Gasteiger partial charge in [0.25, 0.3) is 0 Å². The van der Waals surface area contributed by atoms with Gasteiger partial charge in [-0.15, -0.1) is 22.0 Å². The van der Waals surface area contributed by atoms with Gasteiger partial charge in [-0.25, -0.2) is 4.79 Å². The van der Waals surface area contributed by atoms with Crippen LogP contribution in [0.15, 0.2) is 41.3 Å². The van der Waals surface area contributed by atoms with Crippen LogP contribution in [-0.4, -0.2) is 29.5 Å². The van der Waals surface area contributed by atoms with Gasteiger partial charge in [-0.1, -0.05) is 12.1 Å². The van der Waals surface area contributed by atoms with Crippen LogP contribution in [-0.2, 0) is 11.3 Å². The van der Waals surface area contributed by atoms with E-state index < -0.39 is 5.97 Å². The maximum atomic E-state index is 11.2. The number of nitrogens with one attached hydrogen (secondary N) is 1. The molecule has 1 N–H and O–H groups in total. The lowest BCUT2D eigenvalue weighted by Gasteiger charge is -2.06. The number of benzene rings is 1. The molecule has 0 spiro atoms. The molecule has 2 aromatic rings. The molecule has 1 aromatic heterocycles. The SMILES string of the molecule is COC(=O)c1ccc(NCc2ccc(SC)cc2)nn1. The molecular formula is C14H15N3O2S. The number of hydrogen-bond donors (Lipinski definition) is 1. The summed E-state index contributed by atoms with van der Waals surface area (Å²) >= 11 is 1.71. The highest BCUT2D eigenvalue weighted by atomic mass is 32.2. The number of hydrogen-bond acceptors (Lipinski definition) is 6. The van der Waals surface area contributed by atoms with E-state index >= 15 is 0 Å². The molecule has 0 fully saturated rings. The summed E-state index contributed by atoms with van der Waals surface area (Å²) in [5.74, 6) is 0.128. The summed E-state index contributed by atoms with van der Waals surface area (Å²) in [6.07, 6.45) is 2.05. The second-order valence-corrected chi connectivity index (χ2v) is 4.88. The van der Waals surface area contributed by atoms with Crippen LogP contribution in [0.1, 0.15) is 16.1 Å². The van der Waals surface area contributed by atoms with Gasteiger partial charge >= 0.3 is 5.97 Å². The molecule has 0 saturated carbocycles. The summed E-state index contributed by atoms with van der Waals surface area (Å²) in [4.78, 5) is 12.4. The normalized spacial score (nSPS) is 10.1. The maximum absolute atomic E-state index is 11.2. The van der Waals surface area contributed by atoms with Crippen molar-refractivity contribution in [2.24, 2.45) is 0 Å². The van der Waals surface area contributed by atoms with Crippen molar-refractivity contribution in [1.29, 1.82) is 0 Å². The van der Waals surface area contributed by atoms with Crippen LogP contribution in [0.3, 0.4) is 0 Å². The minimum Gasteiger partial charge on any atom is -0.464 e. The van der Waals surface area contributed by atoms with Gasteiger partial charge in [0.2, 0.25) is 0 Å². The number of carbonyl (C=O) groups is 1. The van der Waals surface area contributed by atoms with E-state index in [-0.39, 0.29) is 5.69 Å². The van der Waals surface area contributed by atoms with Gasteiger partial charge in [0.1, 0.15) is 5.82 Å². The van der Waals surface area contributed by atoms with Crippen molar-refractivity contribution in [2.75, 3.05) is 18.7 Å². The predicted octanol–water partition coefficient (Wildman–Crippen LogP) is 2.60. The highest BCUT2D eigenvalue weighted by Crippen LogP contribution is 2.15. The van der Waals surface area contributed by atoms with Crippen LogP contribution in [0, 0.1) is 0 Å². The van der Waals surface area contributed by atoms with Crippen molar-refractivity contribution in [3.63, 3.8) is 0 Å². The molecule has 0 amide bonds. The number of esters is 1. The van der Waals surface area contributed by atoms with Gasteiger partial charge < -0.3 is 10.1 Å². The predicted molar refractivity (Wildman–Crippen MR) is 78.9 cm³/mol. The Kier molecular flexibility index (Phi) is 4.95. The average molecular weight is 289 g/mol. The Hall–Kier alpha value is -2.08. The van der Waals surface area contributed by atoms with E-state index in [1.54, 1.807) is 23.9 Å². The first kappa shape index (κ1) is 14.3. The summed E-state index contributed by atoms with van der Waals surface area (Å²) in [6, 6.07) is 11.6. The third-order valence-electron chi connectivity index (χ3n) is 2.69. The van der Waals surface area contributed by atoms with Crippen molar-refractivity contribution < 1.29 is 9.53 Å². The molecule has 0 atom stereocenters. The average Bonchev–Trinajstić information content (AvgIpc) is 2.53. The second kappa shape index (κ2) is 6.91. The molecule has 2 rings (SSSR count). The van der Waals surface area contributed by atoms with Gasteiger partial charge in [0.05, 0.1) is 7.11 Å². The molecule has 1 heterocycles. The summed E-state index contributed by atoms with van der Waals surface area (Å²) in [6.45, 7) is 0.654. The van der Waals surface area contributed by atoms with E-state index in [9.17, 15) is 4.79 Å². The Morgan fingerprint density at radius 3 is 2.50 bits per heavy atom. The zero-order valence-corrected chi connectivity index (χ0v) is 12.1. The molecule has 5 nitrogen and oxygen atoms in total. The first-order chi connectivity index (χ1) is 9.72. The van der Waals surface area contributed by atoms with E-state index in [2.05, 4.69) is 44.5 Å². The Balaban J connectivity index is 1.94. The van der Waals surface area contributed by atoms with Crippen molar-refractivity contribution in [2.45, 2.75) is 11.4 Å². The lowest BCUT2D eigenvalue weighted by atomic mass is 10.2. The van der Waals surface area contributed by atoms with Crippen molar-refractivity contribution in [3.05, 3.63) is 47.7 Å². The number of ether oxygens (including phenoxy) is 1. The number of aromatic nitrogens is 2. The van der Waals surface area contributed by atoms with Crippen molar-refractivity contribution in [3.8, 4) is 0 Å². The van der Waals surface area contributed by atoms with E-state index in [1.807, 2.05) is 6.26 Å². The third-order valence-corrected chi connectivity index (χ3v) is 3.44. The number of thioether (sulfide) groups is 1. The van der Waals surface area contributed by atoms with E-state index in [4.69, 9.17) is 0 Å². The summed E-state index contributed by atoms with van der Waals surface area (Å²) in [5.41, 5.74) is 1.35. The Labute approximate surface area is 121 Å². The fourth-order valence-electron chi connectivity index (χ4n) is 1.58. The van der Waals surface area contributed by atoms with Crippen LogP contribution in [0.4, 0.5) is 5.82 Å². The van der Waals surface area contributed by atoms with Gasteiger partial charge in [-0.05, 0) is 36.1 Å². The fraction of sp³-hybridized carbons (Fsp3) is 0.214. The number of rotatable bonds is 5. The number of methoxy groups -OCH3 is 1. The Morgan fingerprint density at radius 2 is 1.95 bits per heavy atom. The van der Waals surface area contributed by atoms with E-state index in [1.165, 1.54) is 12.0 Å². The molecule has 0 bridgehead atoms. The molecule has 0 saturated heterocycles. The first-order valence-electron chi connectivity index (χ1n) is 6.02. The molecule has 104 valence electrons. The summed E-state index contributed by atoms with van der Waals surface area (Å²) < 4.78 is 4.56. The number of nitrogens with zero attached hydrogens (tertiary/aromatic N) is 2. The lowest BCUT2D eigenvalue weighted by molar-refractivity contribution is 0.0593. The van der Waals surface area contributed by atoms with Crippen molar-refractivity contribution >= 4 is 23.5 Å². The molecule has 0 radical (unpaired) electrons. The van der Waals surface area contributed by atoms with Gasteiger partial charge in [-0.2, -0.15) is 0 Å². The molecule has 0 unspecified atom stereocenters. The lowest BCUT2D eigenvalue weighted by Crippen LogP contribution is -2.08. The van der Waals surface area contributed by atoms with Crippen LogP contribution in [0.25, 0.3) is 0 Å². The van der Waals surface area contributed by atoms with Crippen LogP contribution >= 0.6 is 11.8 Å². The maximum Gasteiger partial charge on any atom is 0.358 e.